The first-order valence-electron chi connectivity index (χ1n) is 11.7. The number of nitrogens with zero attached hydrogens (tertiary/aromatic N) is 5. The Balaban J connectivity index is 1.21. The number of nitrogens with one attached hydrogen (secondary N) is 3. The Morgan fingerprint density at radius 2 is 1.91 bits per heavy atom. The van der Waals surface area contributed by atoms with E-state index in [0.717, 1.165) is 50.3 Å². The van der Waals surface area contributed by atoms with Gasteiger partial charge in [0.15, 0.2) is 17.2 Å². The van der Waals surface area contributed by atoms with Crippen molar-refractivity contribution in [3.63, 3.8) is 0 Å². The number of aromatic amines is 1. The van der Waals surface area contributed by atoms with Crippen LogP contribution in [0.4, 0.5) is 33.3 Å². The van der Waals surface area contributed by atoms with Crippen molar-refractivity contribution < 1.29 is 8.81 Å². The topological polar surface area (TPSA) is 115 Å². The lowest BCUT2D eigenvalue weighted by Crippen LogP contribution is -2.38. The number of rotatable bonds is 5. The molecule has 1 aromatic carbocycles. The van der Waals surface area contributed by atoms with Crippen LogP contribution in [0, 0.1) is 12.7 Å². The minimum absolute atomic E-state index is 0.311. The summed E-state index contributed by atoms with van der Waals surface area (Å²) in [6.07, 6.45) is 5.38. The van der Waals surface area contributed by atoms with Crippen LogP contribution in [0.3, 0.4) is 0 Å². The second kappa shape index (κ2) is 8.66. The van der Waals surface area contributed by atoms with E-state index in [1.54, 1.807) is 30.6 Å². The van der Waals surface area contributed by atoms with Crippen LogP contribution < -0.4 is 21.3 Å². The third-order valence-corrected chi connectivity index (χ3v) is 6.66. The Morgan fingerprint density at radius 1 is 1.06 bits per heavy atom. The van der Waals surface area contributed by atoms with E-state index in [4.69, 9.17) is 4.42 Å². The number of piperidine rings is 1. The number of halogens is 1. The molecule has 3 N–H and O–H groups in total. The predicted octanol–water partition coefficient (Wildman–Crippen LogP) is 3.53. The number of pyridine rings is 1. The van der Waals surface area contributed by atoms with Gasteiger partial charge in [-0.05, 0) is 38.0 Å². The second-order valence-electron chi connectivity index (χ2n) is 9.00. The van der Waals surface area contributed by atoms with Crippen LogP contribution in [-0.4, -0.2) is 57.1 Å². The van der Waals surface area contributed by atoms with Gasteiger partial charge in [-0.3, -0.25) is 4.98 Å². The molecular formula is C24H25FN8O2. The van der Waals surface area contributed by atoms with Gasteiger partial charge in [-0.1, -0.05) is 0 Å². The second-order valence-corrected chi connectivity index (χ2v) is 9.00. The Morgan fingerprint density at radius 3 is 2.74 bits per heavy atom. The average molecular weight is 477 g/mol. The molecule has 180 valence electrons. The fourth-order valence-corrected chi connectivity index (χ4v) is 4.80. The fraction of sp³-hybridized carbons (Fsp3) is 0.333. The summed E-state index contributed by atoms with van der Waals surface area (Å²) in [5, 5.41) is 6.28. The smallest absolute Gasteiger partial charge is 0.408 e. The normalized spacial score (nSPS) is 19.7. The number of aromatic nitrogens is 4. The first-order chi connectivity index (χ1) is 17.0. The van der Waals surface area contributed by atoms with Crippen molar-refractivity contribution in [3.8, 4) is 0 Å². The molecule has 6 heterocycles. The van der Waals surface area contributed by atoms with Gasteiger partial charge in [0, 0.05) is 55.7 Å². The monoisotopic (exact) mass is 476 g/mol. The van der Waals surface area contributed by atoms with Crippen LogP contribution in [0.25, 0.3) is 11.1 Å². The molecule has 3 aromatic heterocycles. The largest absolute Gasteiger partial charge is 0.417 e. The van der Waals surface area contributed by atoms with Crippen LogP contribution in [0.15, 0.2) is 45.9 Å². The van der Waals surface area contributed by atoms with Crippen molar-refractivity contribution in [2.24, 2.45) is 0 Å². The lowest BCUT2D eigenvalue weighted by atomic mass is 10.1. The maximum absolute atomic E-state index is 15.1. The Bertz CT molecular complexity index is 1440. The first kappa shape index (κ1) is 21.5. The molecule has 0 atom stereocenters. The molecule has 0 spiro atoms. The van der Waals surface area contributed by atoms with E-state index in [-0.39, 0.29) is 5.82 Å². The van der Waals surface area contributed by atoms with Crippen molar-refractivity contribution in [1.82, 2.24) is 24.8 Å². The maximum Gasteiger partial charge on any atom is 0.417 e. The van der Waals surface area contributed by atoms with Crippen molar-refractivity contribution in [2.75, 3.05) is 41.7 Å². The average Bonchev–Trinajstić information content (AvgIpc) is 2.98. The Hall–Kier alpha value is -3.99. The van der Waals surface area contributed by atoms with E-state index >= 15 is 4.39 Å². The summed E-state index contributed by atoms with van der Waals surface area (Å²) in [5.41, 5.74) is 3.08. The highest BCUT2D eigenvalue weighted by Gasteiger charge is 2.31. The quantitative estimate of drug-likeness (QED) is 0.398. The molecule has 0 radical (unpaired) electrons. The maximum atomic E-state index is 15.1. The summed E-state index contributed by atoms with van der Waals surface area (Å²) in [7, 11) is 0. The molecule has 0 unspecified atom stereocenters. The van der Waals surface area contributed by atoms with Gasteiger partial charge < -0.3 is 24.9 Å². The van der Waals surface area contributed by atoms with Crippen molar-refractivity contribution in [1.29, 1.82) is 0 Å². The Labute approximate surface area is 200 Å². The highest BCUT2D eigenvalue weighted by atomic mass is 19.1. The zero-order chi connectivity index (χ0) is 23.9. The van der Waals surface area contributed by atoms with Gasteiger partial charge in [-0.15, -0.1) is 0 Å². The SMILES string of the molecule is Cc1cnc(Nc2cnc(N3CCN4CCC3CC4)c(F)c2)nc1Nc1ccc2oc(=O)[nH]c2c1. The number of hydrogen-bond donors (Lipinski definition) is 3. The molecule has 0 aliphatic carbocycles. The lowest BCUT2D eigenvalue weighted by molar-refractivity contribution is 0.250. The van der Waals surface area contributed by atoms with E-state index in [2.05, 4.69) is 40.4 Å². The standard InChI is InChI=1S/C24H25FN8O2/c1-14-12-27-23(31-21(14)28-15-2-3-20-19(11-15)30-24(34)35-20)29-16-10-18(25)22(26-13-16)33-9-8-32-6-4-17(33)5-7-32/h2-3,10-13,17H,4-9H2,1H3,(H,30,34)(H2,27,28,29,31). The molecule has 3 saturated heterocycles. The summed E-state index contributed by atoms with van der Waals surface area (Å²) in [4.78, 5) is 31.9. The lowest BCUT2D eigenvalue weighted by Gasteiger charge is -2.32. The highest BCUT2D eigenvalue weighted by Crippen LogP contribution is 2.29. The molecule has 3 fully saturated rings. The third-order valence-electron chi connectivity index (χ3n) is 6.66. The minimum Gasteiger partial charge on any atom is -0.408 e. The molecule has 0 amide bonds. The molecule has 0 saturated carbocycles. The molecule has 2 bridgehead atoms. The van der Waals surface area contributed by atoms with Crippen molar-refractivity contribution in [3.05, 3.63) is 58.6 Å². The summed E-state index contributed by atoms with van der Waals surface area (Å²) in [5.74, 6) is 0.432. The van der Waals surface area contributed by atoms with E-state index in [9.17, 15) is 4.79 Å². The molecule has 3 aliphatic heterocycles. The van der Waals surface area contributed by atoms with E-state index in [0.29, 0.717) is 40.4 Å². The summed E-state index contributed by atoms with van der Waals surface area (Å²) in [6.45, 7) is 5.74. The number of anilines is 5. The number of fused-ring (bicyclic) bond motifs is 5. The van der Waals surface area contributed by atoms with E-state index in [1.165, 1.54) is 6.07 Å². The molecular weight excluding hydrogens is 451 g/mol. The molecule has 10 nitrogen and oxygen atoms in total. The van der Waals surface area contributed by atoms with Gasteiger partial charge >= 0.3 is 5.76 Å². The zero-order valence-corrected chi connectivity index (χ0v) is 19.2. The summed E-state index contributed by atoms with van der Waals surface area (Å²) < 4.78 is 20.2. The Kier molecular flexibility index (Phi) is 5.33. The van der Waals surface area contributed by atoms with Crippen LogP contribution >= 0.6 is 0 Å². The van der Waals surface area contributed by atoms with Gasteiger partial charge in [0.05, 0.1) is 17.4 Å². The van der Waals surface area contributed by atoms with Crippen molar-refractivity contribution >= 4 is 40.1 Å². The zero-order valence-electron chi connectivity index (χ0n) is 19.2. The van der Waals surface area contributed by atoms with Crippen LogP contribution in [0.5, 0.6) is 0 Å². The van der Waals surface area contributed by atoms with Crippen molar-refractivity contribution in [2.45, 2.75) is 25.8 Å². The van der Waals surface area contributed by atoms with Gasteiger partial charge in [0.25, 0.3) is 0 Å². The third kappa shape index (κ3) is 4.30. The number of benzene rings is 1. The van der Waals surface area contributed by atoms with Crippen LogP contribution in [-0.2, 0) is 0 Å². The van der Waals surface area contributed by atoms with Gasteiger partial charge in [0.2, 0.25) is 5.95 Å². The summed E-state index contributed by atoms with van der Waals surface area (Å²) >= 11 is 0. The van der Waals surface area contributed by atoms with E-state index < -0.39 is 5.76 Å². The summed E-state index contributed by atoms with van der Waals surface area (Å²) in [6, 6.07) is 7.04. The van der Waals surface area contributed by atoms with Gasteiger partial charge in [-0.25, -0.2) is 19.2 Å². The first-order valence-corrected chi connectivity index (χ1v) is 11.7. The highest BCUT2D eigenvalue weighted by molar-refractivity contribution is 5.78. The van der Waals surface area contributed by atoms with E-state index in [1.807, 2.05) is 6.92 Å². The van der Waals surface area contributed by atoms with Crippen LogP contribution in [0.2, 0.25) is 0 Å². The van der Waals surface area contributed by atoms with Gasteiger partial charge in [-0.2, -0.15) is 4.98 Å². The molecule has 7 rings (SSSR count). The molecule has 11 heteroatoms. The molecule has 3 aliphatic rings. The minimum atomic E-state index is -0.505. The number of aryl methyl sites for hydroxylation is 1. The molecule has 4 aromatic rings. The number of H-pyrrole nitrogens is 1. The fourth-order valence-electron chi connectivity index (χ4n) is 4.80. The van der Waals surface area contributed by atoms with Crippen LogP contribution in [0.1, 0.15) is 18.4 Å². The predicted molar refractivity (Wildman–Crippen MR) is 131 cm³/mol. The number of hydrogen-bond acceptors (Lipinski definition) is 9. The van der Waals surface area contributed by atoms with Gasteiger partial charge in [0.1, 0.15) is 5.82 Å². The number of oxazole rings is 1. The molecule has 35 heavy (non-hydrogen) atoms.